The van der Waals surface area contributed by atoms with Gasteiger partial charge in [0.05, 0.1) is 24.5 Å². The van der Waals surface area contributed by atoms with E-state index in [-0.39, 0.29) is 18.8 Å². The summed E-state index contributed by atoms with van der Waals surface area (Å²) in [5.41, 5.74) is 5.79. The number of nitrogens with two attached hydrogens (primary N) is 1. The minimum atomic E-state index is -3.66. The van der Waals surface area contributed by atoms with Crippen molar-refractivity contribution in [1.29, 1.82) is 0 Å². The molecule has 3 N–H and O–H groups in total. The van der Waals surface area contributed by atoms with E-state index in [0.717, 1.165) is 5.56 Å². The van der Waals surface area contributed by atoms with Crippen molar-refractivity contribution in [3.63, 3.8) is 0 Å². The van der Waals surface area contributed by atoms with Gasteiger partial charge in [0.2, 0.25) is 10.0 Å². The summed E-state index contributed by atoms with van der Waals surface area (Å²) in [6, 6.07) is 15.3. The van der Waals surface area contributed by atoms with Crippen LogP contribution in [0.3, 0.4) is 0 Å². The Morgan fingerprint density at radius 1 is 1.12 bits per heavy atom. The van der Waals surface area contributed by atoms with Gasteiger partial charge >= 0.3 is 0 Å². The molecule has 0 aromatic heterocycles. The molecule has 5 nitrogen and oxygen atoms in total. The van der Waals surface area contributed by atoms with Crippen LogP contribution < -0.4 is 10.5 Å². The van der Waals surface area contributed by atoms with Gasteiger partial charge in [-0.2, -0.15) is 0 Å². The number of hydrogen-bond acceptors (Lipinski definition) is 4. The Bertz CT molecular complexity index is 768. The minimum Gasteiger partial charge on any atom is -0.374 e. The highest BCUT2D eigenvalue weighted by atomic mass is 32.2. The molecule has 2 aromatic rings. The fraction of sp³-hybridized carbons (Fsp3) is 0.294. The third kappa shape index (κ3) is 4.85. The van der Waals surface area contributed by atoms with Crippen molar-refractivity contribution in [2.45, 2.75) is 12.1 Å². The van der Waals surface area contributed by atoms with Crippen molar-refractivity contribution in [3.05, 3.63) is 71.5 Å². The minimum absolute atomic E-state index is 0.108. The predicted molar refractivity (Wildman–Crippen MR) is 91.2 cm³/mol. The highest BCUT2D eigenvalue weighted by Crippen LogP contribution is 2.24. The molecule has 0 aliphatic heterocycles. The lowest BCUT2D eigenvalue weighted by Crippen LogP contribution is -2.50. The number of benzene rings is 2. The van der Waals surface area contributed by atoms with Crippen LogP contribution in [-0.2, 0) is 26.9 Å². The summed E-state index contributed by atoms with van der Waals surface area (Å²) >= 11 is 0. The molecule has 7 heteroatoms. The summed E-state index contributed by atoms with van der Waals surface area (Å²) in [7, 11) is -2.37. The molecular formula is C17H21FN2O3S. The largest absolute Gasteiger partial charge is 0.374 e. The van der Waals surface area contributed by atoms with Crippen molar-refractivity contribution in [3.8, 4) is 0 Å². The van der Waals surface area contributed by atoms with E-state index < -0.39 is 27.1 Å². The molecule has 130 valence electrons. The molecule has 0 heterocycles. The van der Waals surface area contributed by atoms with E-state index >= 15 is 0 Å². The third-order valence-electron chi connectivity index (χ3n) is 3.64. The Kier molecular flexibility index (Phi) is 6.06. The Morgan fingerprint density at radius 2 is 1.75 bits per heavy atom. The molecule has 0 bridgehead atoms. The van der Waals surface area contributed by atoms with Crippen LogP contribution >= 0.6 is 0 Å². The lowest BCUT2D eigenvalue weighted by atomic mass is 9.93. The quantitative estimate of drug-likeness (QED) is 0.758. The van der Waals surface area contributed by atoms with Crippen molar-refractivity contribution in [1.82, 2.24) is 4.72 Å². The van der Waals surface area contributed by atoms with Crippen LogP contribution in [0.25, 0.3) is 0 Å². The third-order valence-corrected chi connectivity index (χ3v) is 5.16. The zero-order valence-corrected chi connectivity index (χ0v) is 14.2. The molecule has 1 unspecified atom stereocenters. The summed E-state index contributed by atoms with van der Waals surface area (Å²) in [4.78, 5) is 0. The van der Waals surface area contributed by atoms with Crippen LogP contribution in [0.4, 0.5) is 4.39 Å². The first kappa shape index (κ1) is 18.5. The Morgan fingerprint density at radius 3 is 2.38 bits per heavy atom. The fourth-order valence-corrected chi connectivity index (χ4v) is 3.46. The van der Waals surface area contributed by atoms with Crippen LogP contribution in [0.2, 0.25) is 0 Å². The fourth-order valence-electron chi connectivity index (χ4n) is 2.40. The Balaban J connectivity index is 2.21. The lowest BCUT2D eigenvalue weighted by Gasteiger charge is -2.29. The van der Waals surface area contributed by atoms with Gasteiger partial charge < -0.3 is 10.5 Å². The number of sulfonamides is 1. The van der Waals surface area contributed by atoms with Crippen molar-refractivity contribution in [2.24, 2.45) is 5.73 Å². The molecule has 0 radical (unpaired) electrons. The van der Waals surface area contributed by atoms with Gasteiger partial charge in [-0.1, -0.05) is 48.5 Å². The highest BCUT2D eigenvalue weighted by Gasteiger charge is 2.35. The number of hydrogen-bond donors (Lipinski definition) is 2. The van der Waals surface area contributed by atoms with E-state index in [9.17, 15) is 12.8 Å². The van der Waals surface area contributed by atoms with Gasteiger partial charge in [-0.25, -0.2) is 17.5 Å². The molecule has 0 saturated carbocycles. The van der Waals surface area contributed by atoms with Gasteiger partial charge in [-0.05, 0) is 18.7 Å². The second-order valence-electron chi connectivity index (χ2n) is 5.58. The van der Waals surface area contributed by atoms with Gasteiger partial charge in [0.15, 0.2) is 0 Å². The van der Waals surface area contributed by atoms with Crippen molar-refractivity contribution < 1.29 is 17.5 Å². The maximum Gasteiger partial charge on any atom is 0.213 e. The van der Waals surface area contributed by atoms with Gasteiger partial charge in [0, 0.05) is 5.56 Å². The standard InChI is InChI=1S/C17H21FN2O3S/c1-20-24(21,22)13-17(19,15-9-5-6-10-16(15)18)12-23-11-14-7-3-2-4-8-14/h2-10,20H,11-13,19H2,1H3. The monoisotopic (exact) mass is 352 g/mol. The summed E-state index contributed by atoms with van der Waals surface area (Å²) < 4.78 is 45.9. The van der Waals surface area contributed by atoms with Crippen LogP contribution in [-0.4, -0.2) is 27.8 Å². The van der Waals surface area contributed by atoms with Crippen LogP contribution in [0.15, 0.2) is 54.6 Å². The summed E-state index contributed by atoms with van der Waals surface area (Å²) in [6.07, 6.45) is 0. The molecule has 0 aliphatic carbocycles. The average Bonchev–Trinajstić information content (AvgIpc) is 2.56. The van der Waals surface area contributed by atoms with E-state index in [2.05, 4.69) is 4.72 Å². The van der Waals surface area contributed by atoms with E-state index in [1.54, 1.807) is 6.07 Å². The molecule has 0 aliphatic rings. The molecule has 0 spiro atoms. The number of nitrogens with one attached hydrogen (secondary N) is 1. The van der Waals surface area contributed by atoms with Crippen molar-refractivity contribution in [2.75, 3.05) is 19.4 Å². The molecule has 1 atom stereocenters. The zero-order chi connectivity index (χ0) is 17.6. The predicted octanol–water partition coefficient (Wildman–Crippen LogP) is 1.75. The number of halogens is 1. The molecule has 24 heavy (non-hydrogen) atoms. The van der Waals surface area contributed by atoms with Crippen molar-refractivity contribution >= 4 is 10.0 Å². The molecule has 2 rings (SSSR count). The van der Waals surface area contributed by atoms with Gasteiger partial charge in [0.1, 0.15) is 5.82 Å². The second kappa shape index (κ2) is 7.85. The first-order valence-electron chi connectivity index (χ1n) is 7.43. The number of ether oxygens (including phenoxy) is 1. The van der Waals surface area contributed by atoms with E-state index in [0.29, 0.717) is 0 Å². The van der Waals surface area contributed by atoms with Crippen LogP contribution in [0.5, 0.6) is 0 Å². The normalized spacial score (nSPS) is 14.3. The Labute approximate surface area is 141 Å². The van der Waals surface area contributed by atoms with Crippen LogP contribution in [0.1, 0.15) is 11.1 Å². The first-order valence-corrected chi connectivity index (χ1v) is 9.08. The Hall–Kier alpha value is -1.80. The highest BCUT2D eigenvalue weighted by molar-refractivity contribution is 7.89. The topological polar surface area (TPSA) is 81.4 Å². The van der Waals surface area contributed by atoms with Gasteiger partial charge in [-0.3, -0.25) is 0 Å². The van der Waals surface area contributed by atoms with Crippen LogP contribution in [0, 0.1) is 5.82 Å². The summed E-state index contributed by atoms with van der Waals surface area (Å²) in [6.45, 7) is 0.123. The molecule has 0 amide bonds. The molecule has 2 aromatic carbocycles. The number of rotatable bonds is 8. The SMILES string of the molecule is CNS(=O)(=O)CC(N)(COCc1ccccc1)c1ccccc1F. The smallest absolute Gasteiger partial charge is 0.213 e. The maximum absolute atomic E-state index is 14.2. The zero-order valence-electron chi connectivity index (χ0n) is 13.4. The van der Waals surface area contributed by atoms with E-state index in [1.165, 1.54) is 25.2 Å². The second-order valence-corrected chi connectivity index (χ2v) is 7.50. The summed E-state index contributed by atoms with van der Waals surface area (Å²) in [5, 5.41) is 0. The lowest BCUT2D eigenvalue weighted by molar-refractivity contribution is 0.0781. The molecule has 0 saturated heterocycles. The van der Waals surface area contributed by atoms with E-state index in [1.807, 2.05) is 30.3 Å². The first-order chi connectivity index (χ1) is 11.4. The molecular weight excluding hydrogens is 331 g/mol. The molecule has 0 fully saturated rings. The van der Waals surface area contributed by atoms with E-state index in [4.69, 9.17) is 10.5 Å². The summed E-state index contributed by atoms with van der Waals surface area (Å²) in [5.74, 6) is -1.04. The van der Waals surface area contributed by atoms with Gasteiger partial charge in [0.25, 0.3) is 0 Å². The van der Waals surface area contributed by atoms with Gasteiger partial charge in [-0.15, -0.1) is 0 Å². The average molecular weight is 352 g/mol. The maximum atomic E-state index is 14.2.